The molecular formula is C8H11NO3S. The Morgan fingerprint density at radius 3 is 2.38 bits per heavy atom. The van der Waals surface area contributed by atoms with E-state index in [1.165, 1.54) is 12.3 Å². The van der Waals surface area contributed by atoms with Crippen molar-refractivity contribution in [1.82, 2.24) is 4.98 Å². The second kappa shape index (κ2) is 3.43. The predicted octanol–water partition coefficient (Wildman–Crippen LogP) is 0.538. The fourth-order valence-electron chi connectivity index (χ4n) is 0.858. The fraction of sp³-hybridized carbons (Fsp3) is 0.375. The number of nitrogens with zero attached hydrogens (tertiary/aromatic N) is 1. The number of pyridine rings is 1. The Hall–Kier alpha value is -0.940. The summed E-state index contributed by atoms with van der Waals surface area (Å²) in [6.07, 6.45) is 1.83. The molecule has 1 N–H and O–H groups in total. The third-order valence-electron chi connectivity index (χ3n) is 1.62. The molecule has 0 aliphatic heterocycles. The summed E-state index contributed by atoms with van der Waals surface area (Å²) in [7, 11) is -3.24. The fourth-order valence-corrected chi connectivity index (χ4v) is 1.42. The van der Waals surface area contributed by atoms with Crippen LogP contribution in [0.2, 0.25) is 0 Å². The van der Waals surface area contributed by atoms with Crippen molar-refractivity contribution in [3.63, 3.8) is 0 Å². The molecule has 1 heterocycles. The first kappa shape index (κ1) is 10.1. The second-order valence-electron chi connectivity index (χ2n) is 2.88. The largest absolute Gasteiger partial charge is 0.389 e. The molecule has 0 bridgehead atoms. The average molecular weight is 201 g/mol. The summed E-state index contributed by atoms with van der Waals surface area (Å²) in [5.41, 5.74) is 0.604. The van der Waals surface area contributed by atoms with Gasteiger partial charge < -0.3 is 5.11 Å². The van der Waals surface area contributed by atoms with Crippen LogP contribution in [0.3, 0.4) is 0 Å². The molecule has 0 fully saturated rings. The molecule has 4 nitrogen and oxygen atoms in total. The summed E-state index contributed by atoms with van der Waals surface area (Å²) in [5, 5.41) is 9.15. The van der Waals surface area contributed by atoms with E-state index in [9.17, 15) is 8.42 Å². The van der Waals surface area contributed by atoms with Crippen molar-refractivity contribution >= 4 is 9.84 Å². The smallest absolute Gasteiger partial charge is 0.192 e. The summed E-state index contributed by atoms with van der Waals surface area (Å²) in [6, 6.07) is 2.94. The molecule has 0 aromatic carbocycles. The summed E-state index contributed by atoms with van der Waals surface area (Å²) < 4.78 is 22.0. The molecular weight excluding hydrogens is 190 g/mol. The van der Waals surface area contributed by atoms with Crippen LogP contribution in [0.15, 0.2) is 23.4 Å². The highest BCUT2D eigenvalue weighted by Gasteiger charge is 2.09. The van der Waals surface area contributed by atoms with Crippen molar-refractivity contribution < 1.29 is 13.5 Å². The van der Waals surface area contributed by atoms with Crippen molar-refractivity contribution in [3.8, 4) is 0 Å². The molecule has 1 aromatic rings. The summed E-state index contributed by atoms with van der Waals surface area (Å²) in [6.45, 7) is 1.59. The number of hydrogen-bond donors (Lipinski definition) is 1. The maximum Gasteiger partial charge on any atom is 0.192 e. The Bertz CT molecular complexity index is 380. The summed E-state index contributed by atoms with van der Waals surface area (Å²) in [5.74, 6) is 0. The Morgan fingerprint density at radius 2 is 2.08 bits per heavy atom. The van der Waals surface area contributed by atoms with E-state index in [-0.39, 0.29) is 5.03 Å². The Labute approximate surface area is 77.2 Å². The summed E-state index contributed by atoms with van der Waals surface area (Å²) >= 11 is 0. The highest BCUT2D eigenvalue weighted by atomic mass is 32.2. The molecule has 1 rings (SSSR count). The number of aliphatic hydroxyl groups is 1. The zero-order valence-corrected chi connectivity index (χ0v) is 8.25. The lowest BCUT2D eigenvalue weighted by molar-refractivity contribution is 0.198. The predicted molar refractivity (Wildman–Crippen MR) is 48.0 cm³/mol. The zero-order chi connectivity index (χ0) is 10.1. The molecule has 0 spiro atoms. The third-order valence-corrected chi connectivity index (χ3v) is 2.62. The minimum atomic E-state index is -3.24. The van der Waals surface area contributed by atoms with Crippen LogP contribution in [-0.4, -0.2) is 24.8 Å². The highest BCUT2D eigenvalue weighted by molar-refractivity contribution is 7.90. The Kier molecular flexibility index (Phi) is 2.68. The normalized spacial score (nSPS) is 14.1. The summed E-state index contributed by atoms with van der Waals surface area (Å²) in [4.78, 5) is 3.72. The van der Waals surface area contributed by atoms with Gasteiger partial charge in [0.2, 0.25) is 0 Å². The first-order chi connectivity index (χ1) is 5.91. The molecule has 0 saturated carbocycles. The van der Waals surface area contributed by atoms with Crippen LogP contribution in [-0.2, 0) is 9.84 Å². The van der Waals surface area contributed by atoms with Gasteiger partial charge in [-0.2, -0.15) is 0 Å². The van der Waals surface area contributed by atoms with E-state index < -0.39 is 15.9 Å². The minimum absolute atomic E-state index is 0.0249. The van der Waals surface area contributed by atoms with Gasteiger partial charge in [0.25, 0.3) is 0 Å². The molecule has 0 aliphatic rings. The van der Waals surface area contributed by atoms with Crippen molar-refractivity contribution in [2.75, 3.05) is 6.26 Å². The van der Waals surface area contributed by atoms with Gasteiger partial charge in [-0.15, -0.1) is 0 Å². The third kappa shape index (κ3) is 2.50. The van der Waals surface area contributed by atoms with Crippen molar-refractivity contribution in [1.29, 1.82) is 0 Å². The van der Waals surface area contributed by atoms with Gasteiger partial charge in [-0.05, 0) is 18.6 Å². The van der Waals surface area contributed by atoms with Gasteiger partial charge in [0.1, 0.15) is 0 Å². The number of aromatic nitrogens is 1. The van der Waals surface area contributed by atoms with Crippen LogP contribution in [0.5, 0.6) is 0 Å². The number of aliphatic hydroxyl groups excluding tert-OH is 1. The van der Waals surface area contributed by atoms with Gasteiger partial charge in [0, 0.05) is 12.5 Å². The van der Waals surface area contributed by atoms with E-state index in [1.54, 1.807) is 13.0 Å². The second-order valence-corrected chi connectivity index (χ2v) is 4.84. The van der Waals surface area contributed by atoms with Crippen LogP contribution in [0, 0.1) is 0 Å². The number of hydrogen-bond acceptors (Lipinski definition) is 4. The molecule has 0 amide bonds. The van der Waals surface area contributed by atoms with Crippen LogP contribution in [0.4, 0.5) is 0 Å². The van der Waals surface area contributed by atoms with E-state index >= 15 is 0 Å². The first-order valence-corrected chi connectivity index (χ1v) is 5.64. The van der Waals surface area contributed by atoms with E-state index in [0.29, 0.717) is 5.56 Å². The number of rotatable bonds is 2. The van der Waals surface area contributed by atoms with E-state index in [2.05, 4.69) is 4.98 Å². The Balaban J connectivity index is 3.08. The average Bonchev–Trinajstić information content (AvgIpc) is 2.03. The van der Waals surface area contributed by atoms with Crippen LogP contribution < -0.4 is 0 Å². The molecule has 5 heteroatoms. The lowest BCUT2D eigenvalue weighted by Gasteiger charge is -2.03. The molecule has 0 aliphatic carbocycles. The monoisotopic (exact) mass is 201 g/mol. The molecule has 0 saturated heterocycles. The molecule has 72 valence electrons. The van der Waals surface area contributed by atoms with Crippen LogP contribution in [0.1, 0.15) is 18.6 Å². The van der Waals surface area contributed by atoms with E-state index in [1.807, 2.05) is 0 Å². The lowest BCUT2D eigenvalue weighted by atomic mass is 10.2. The molecule has 13 heavy (non-hydrogen) atoms. The van der Waals surface area contributed by atoms with Gasteiger partial charge in [-0.3, -0.25) is 0 Å². The van der Waals surface area contributed by atoms with Gasteiger partial charge >= 0.3 is 0 Å². The van der Waals surface area contributed by atoms with Crippen molar-refractivity contribution in [2.45, 2.75) is 18.1 Å². The van der Waals surface area contributed by atoms with E-state index in [4.69, 9.17) is 5.11 Å². The zero-order valence-electron chi connectivity index (χ0n) is 7.43. The van der Waals surface area contributed by atoms with Crippen LogP contribution in [0.25, 0.3) is 0 Å². The van der Waals surface area contributed by atoms with E-state index in [0.717, 1.165) is 6.26 Å². The van der Waals surface area contributed by atoms with Gasteiger partial charge in [0.15, 0.2) is 14.9 Å². The minimum Gasteiger partial charge on any atom is -0.389 e. The SMILES string of the molecule is C[C@H](O)c1ccc(S(C)(=O)=O)nc1. The molecule has 1 atom stereocenters. The number of sulfone groups is 1. The molecule has 0 unspecified atom stereocenters. The lowest BCUT2D eigenvalue weighted by Crippen LogP contribution is -2.01. The molecule has 0 radical (unpaired) electrons. The maximum absolute atomic E-state index is 11.0. The Morgan fingerprint density at radius 1 is 1.46 bits per heavy atom. The van der Waals surface area contributed by atoms with Crippen molar-refractivity contribution in [2.24, 2.45) is 0 Å². The van der Waals surface area contributed by atoms with Crippen LogP contribution >= 0.6 is 0 Å². The standard InChI is InChI=1S/C8H11NO3S/c1-6(10)7-3-4-8(9-5-7)13(2,11)12/h3-6,10H,1-2H3/t6-/m0/s1. The molecule has 1 aromatic heterocycles. The maximum atomic E-state index is 11.0. The van der Waals surface area contributed by atoms with Gasteiger partial charge in [-0.25, -0.2) is 13.4 Å². The first-order valence-electron chi connectivity index (χ1n) is 3.75. The van der Waals surface area contributed by atoms with Crippen molar-refractivity contribution in [3.05, 3.63) is 23.9 Å². The van der Waals surface area contributed by atoms with Gasteiger partial charge in [-0.1, -0.05) is 6.07 Å². The quantitative estimate of drug-likeness (QED) is 0.758. The van der Waals surface area contributed by atoms with Gasteiger partial charge in [0.05, 0.1) is 6.10 Å². The highest BCUT2D eigenvalue weighted by Crippen LogP contribution is 2.12. The topological polar surface area (TPSA) is 67.3 Å².